The molecule has 1 aromatic carbocycles. The Hall–Kier alpha value is -1.26. The molecular weight excluding hydrogens is 242 g/mol. The standard InChI is InChI=1S/C14H17N3S/c1-11(17-8-2-3-9-17)12-4-6-13(7-5-12)14-10-15-18-16-14/h4-7,10-11H,2-3,8-9H2,1H3. The molecule has 0 aliphatic carbocycles. The van der Waals surface area contributed by atoms with Crippen molar-refractivity contribution in [2.24, 2.45) is 0 Å². The van der Waals surface area contributed by atoms with Crippen LogP contribution < -0.4 is 0 Å². The van der Waals surface area contributed by atoms with Gasteiger partial charge in [0.05, 0.1) is 17.9 Å². The van der Waals surface area contributed by atoms with Crippen molar-refractivity contribution < 1.29 is 0 Å². The van der Waals surface area contributed by atoms with Crippen LogP contribution in [0.2, 0.25) is 0 Å². The summed E-state index contributed by atoms with van der Waals surface area (Å²) in [4.78, 5) is 2.55. The summed E-state index contributed by atoms with van der Waals surface area (Å²) < 4.78 is 8.30. The second-order valence-electron chi connectivity index (χ2n) is 4.83. The van der Waals surface area contributed by atoms with Gasteiger partial charge in [0.25, 0.3) is 0 Å². The fraction of sp³-hybridized carbons (Fsp3) is 0.429. The summed E-state index contributed by atoms with van der Waals surface area (Å²) in [7, 11) is 0. The zero-order valence-corrected chi connectivity index (χ0v) is 11.4. The Balaban J connectivity index is 1.78. The summed E-state index contributed by atoms with van der Waals surface area (Å²) in [5.41, 5.74) is 3.52. The molecule has 0 amide bonds. The SMILES string of the molecule is CC(c1ccc(-c2cnsn2)cc1)N1CCCC1. The highest BCUT2D eigenvalue weighted by atomic mass is 32.1. The lowest BCUT2D eigenvalue weighted by Crippen LogP contribution is -2.23. The molecule has 1 saturated heterocycles. The molecule has 4 heteroatoms. The van der Waals surface area contributed by atoms with E-state index in [9.17, 15) is 0 Å². The van der Waals surface area contributed by atoms with Gasteiger partial charge >= 0.3 is 0 Å². The fourth-order valence-electron chi connectivity index (χ4n) is 2.56. The zero-order chi connectivity index (χ0) is 12.4. The molecular formula is C14H17N3S. The van der Waals surface area contributed by atoms with Crippen LogP contribution in [0.15, 0.2) is 30.5 Å². The maximum Gasteiger partial charge on any atom is 0.104 e. The van der Waals surface area contributed by atoms with E-state index in [2.05, 4.69) is 44.8 Å². The molecule has 3 rings (SSSR count). The number of nitrogens with zero attached hydrogens (tertiary/aromatic N) is 3. The first-order valence-electron chi connectivity index (χ1n) is 6.46. The Kier molecular flexibility index (Phi) is 3.39. The summed E-state index contributed by atoms with van der Waals surface area (Å²) in [5.74, 6) is 0. The van der Waals surface area contributed by atoms with Gasteiger partial charge < -0.3 is 0 Å². The van der Waals surface area contributed by atoms with E-state index in [-0.39, 0.29) is 0 Å². The minimum atomic E-state index is 0.523. The van der Waals surface area contributed by atoms with E-state index in [1.807, 2.05) is 6.20 Å². The molecule has 3 nitrogen and oxygen atoms in total. The Morgan fingerprint density at radius 1 is 1.17 bits per heavy atom. The van der Waals surface area contributed by atoms with Crippen molar-refractivity contribution in [3.05, 3.63) is 36.0 Å². The van der Waals surface area contributed by atoms with Crippen LogP contribution in [0, 0.1) is 0 Å². The van der Waals surface area contributed by atoms with E-state index in [1.54, 1.807) is 0 Å². The molecule has 94 valence electrons. The van der Waals surface area contributed by atoms with Crippen LogP contribution in [-0.4, -0.2) is 26.7 Å². The highest BCUT2D eigenvalue weighted by Crippen LogP contribution is 2.26. The minimum Gasteiger partial charge on any atom is -0.297 e. The molecule has 2 heterocycles. The topological polar surface area (TPSA) is 29.0 Å². The molecule has 1 aliphatic rings. The second-order valence-corrected chi connectivity index (χ2v) is 5.39. The number of benzene rings is 1. The average Bonchev–Trinajstić information content (AvgIpc) is 3.11. The van der Waals surface area contributed by atoms with Gasteiger partial charge in [-0.1, -0.05) is 24.3 Å². The van der Waals surface area contributed by atoms with Gasteiger partial charge in [0.1, 0.15) is 5.69 Å². The number of hydrogen-bond acceptors (Lipinski definition) is 4. The molecule has 0 bridgehead atoms. The summed E-state index contributed by atoms with van der Waals surface area (Å²) in [6.45, 7) is 4.77. The molecule has 2 aromatic rings. The first-order valence-corrected chi connectivity index (χ1v) is 7.19. The van der Waals surface area contributed by atoms with Crippen LogP contribution in [0.5, 0.6) is 0 Å². The molecule has 1 atom stereocenters. The minimum absolute atomic E-state index is 0.523. The second kappa shape index (κ2) is 5.16. The van der Waals surface area contributed by atoms with Crippen LogP contribution in [0.25, 0.3) is 11.3 Å². The molecule has 0 saturated carbocycles. The normalized spacial score (nSPS) is 18.1. The monoisotopic (exact) mass is 259 g/mol. The molecule has 1 fully saturated rings. The summed E-state index contributed by atoms with van der Waals surface area (Å²) >= 11 is 1.26. The van der Waals surface area contributed by atoms with E-state index in [0.29, 0.717) is 6.04 Å². The van der Waals surface area contributed by atoms with Crippen LogP contribution >= 0.6 is 11.7 Å². The molecule has 0 radical (unpaired) electrons. The van der Waals surface area contributed by atoms with Gasteiger partial charge in [0, 0.05) is 11.6 Å². The zero-order valence-electron chi connectivity index (χ0n) is 10.5. The van der Waals surface area contributed by atoms with Gasteiger partial charge in [-0.3, -0.25) is 4.90 Å². The Morgan fingerprint density at radius 2 is 1.89 bits per heavy atom. The quantitative estimate of drug-likeness (QED) is 0.846. The Labute approximate surface area is 112 Å². The van der Waals surface area contributed by atoms with E-state index >= 15 is 0 Å². The van der Waals surface area contributed by atoms with Crippen molar-refractivity contribution in [3.63, 3.8) is 0 Å². The Morgan fingerprint density at radius 3 is 2.50 bits per heavy atom. The van der Waals surface area contributed by atoms with Crippen molar-refractivity contribution in [2.45, 2.75) is 25.8 Å². The summed E-state index contributed by atoms with van der Waals surface area (Å²) in [6, 6.07) is 9.27. The highest BCUT2D eigenvalue weighted by Gasteiger charge is 2.19. The molecule has 1 unspecified atom stereocenters. The molecule has 1 aliphatic heterocycles. The predicted octanol–water partition coefficient (Wildman–Crippen LogP) is 3.36. The van der Waals surface area contributed by atoms with Crippen LogP contribution in [-0.2, 0) is 0 Å². The average molecular weight is 259 g/mol. The molecule has 0 spiro atoms. The van der Waals surface area contributed by atoms with E-state index in [0.717, 1.165) is 11.3 Å². The van der Waals surface area contributed by atoms with Crippen LogP contribution in [0.4, 0.5) is 0 Å². The molecule has 1 aromatic heterocycles. The van der Waals surface area contributed by atoms with E-state index in [1.165, 1.54) is 43.2 Å². The van der Waals surface area contributed by atoms with Crippen LogP contribution in [0.1, 0.15) is 31.4 Å². The lowest BCUT2D eigenvalue weighted by atomic mass is 10.0. The number of hydrogen-bond donors (Lipinski definition) is 0. The summed E-state index contributed by atoms with van der Waals surface area (Å²) in [5, 5.41) is 0. The molecule has 0 N–H and O–H groups in total. The first kappa shape index (κ1) is 11.8. The van der Waals surface area contributed by atoms with E-state index < -0.39 is 0 Å². The number of aromatic nitrogens is 2. The fourth-order valence-corrected chi connectivity index (χ4v) is 3.00. The predicted molar refractivity (Wildman–Crippen MR) is 74.6 cm³/mol. The first-order chi connectivity index (χ1) is 8.84. The number of likely N-dealkylation sites (tertiary alicyclic amines) is 1. The third kappa shape index (κ3) is 2.31. The third-order valence-electron chi connectivity index (χ3n) is 3.74. The maximum absolute atomic E-state index is 4.26. The number of rotatable bonds is 3. The maximum atomic E-state index is 4.26. The smallest absolute Gasteiger partial charge is 0.104 e. The van der Waals surface area contributed by atoms with Gasteiger partial charge in [-0.2, -0.15) is 8.75 Å². The van der Waals surface area contributed by atoms with Crippen LogP contribution in [0.3, 0.4) is 0 Å². The Bertz CT molecular complexity index is 486. The van der Waals surface area contributed by atoms with Crippen molar-refractivity contribution in [2.75, 3.05) is 13.1 Å². The lowest BCUT2D eigenvalue weighted by molar-refractivity contribution is 0.263. The van der Waals surface area contributed by atoms with Crippen molar-refractivity contribution >= 4 is 11.7 Å². The van der Waals surface area contributed by atoms with Gasteiger partial charge in [-0.15, -0.1) is 0 Å². The van der Waals surface area contributed by atoms with Gasteiger partial charge in [0.15, 0.2) is 0 Å². The molecule has 18 heavy (non-hydrogen) atoms. The third-order valence-corrected chi connectivity index (χ3v) is 4.22. The van der Waals surface area contributed by atoms with Crippen molar-refractivity contribution in [1.29, 1.82) is 0 Å². The largest absolute Gasteiger partial charge is 0.297 e. The lowest BCUT2D eigenvalue weighted by Gasteiger charge is -2.24. The highest BCUT2D eigenvalue weighted by molar-refractivity contribution is 6.99. The van der Waals surface area contributed by atoms with E-state index in [4.69, 9.17) is 0 Å². The van der Waals surface area contributed by atoms with Gasteiger partial charge in [-0.25, -0.2) is 0 Å². The summed E-state index contributed by atoms with van der Waals surface area (Å²) in [6.07, 6.45) is 4.50. The van der Waals surface area contributed by atoms with Gasteiger partial charge in [-0.05, 0) is 38.4 Å². The van der Waals surface area contributed by atoms with Crippen molar-refractivity contribution in [1.82, 2.24) is 13.6 Å². The van der Waals surface area contributed by atoms with Crippen molar-refractivity contribution in [3.8, 4) is 11.3 Å². The van der Waals surface area contributed by atoms with Gasteiger partial charge in [0.2, 0.25) is 0 Å².